The van der Waals surface area contributed by atoms with Gasteiger partial charge in [0.25, 0.3) is 0 Å². The van der Waals surface area contributed by atoms with E-state index in [2.05, 4.69) is 32.6 Å². The lowest BCUT2D eigenvalue weighted by Gasteiger charge is -2.37. The Morgan fingerprint density at radius 2 is 2.06 bits per heavy atom. The summed E-state index contributed by atoms with van der Waals surface area (Å²) in [6, 6.07) is 0. The molecule has 0 bridgehead atoms. The summed E-state index contributed by atoms with van der Waals surface area (Å²) in [5.74, 6) is 0.656. The Labute approximate surface area is 106 Å². The van der Waals surface area contributed by atoms with Gasteiger partial charge in [-0.15, -0.1) is 0 Å². The summed E-state index contributed by atoms with van der Waals surface area (Å²) in [6.07, 6.45) is 2.19. The molecular formula is C14H29NO2. The zero-order chi connectivity index (χ0) is 13.1. The third kappa shape index (κ3) is 4.57. The van der Waals surface area contributed by atoms with Crippen LogP contribution in [0, 0.1) is 11.3 Å². The van der Waals surface area contributed by atoms with Gasteiger partial charge in [-0.2, -0.15) is 0 Å². The monoisotopic (exact) mass is 243 g/mol. The maximum atomic E-state index is 10.0. The number of likely N-dealkylation sites (tertiary alicyclic amines) is 1. The molecular weight excluding hydrogens is 214 g/mol. The van der Waals surface area contributed by atoms with E-state index in [0.717, 1.165) is 26.1 Å². The first kappa shape index (κ1) is 14.9. The van der Waals surface area contributed by atoms with Gasteiger partial charge in [-0.25, -0.2) is 0 Å². The normalized spacial score (nSPS) is 29.3. The molecule has 1 saturated heterocycles. The molecule has 1 aliphatic rings. The molecule has 1 fully saturated rings. The van der Waals surface area contributed by atoms with Crippen LogP contribution in [0.4, 0.5) is 0 Å². The SMILES string of the molecule is COC1CN(CCC(O)C(C)(C)C)CCC1C. The predicted molar refractivity (Wildman–Crippen MR) is 71.1 cm³/mol. The van der Waals surface area contributed by atoms with Crippen molar-refractivity contribution >= 4 is 0 Å². The molecule has 0 radical (unpaired) electrons. The summed E-state index contributed by atoms with van der Waals surface area (Å²) in [5, 5.41) is 10.0. The van der Waals surface area contributed by atoms with Gasteiger partial charge >= 0.3 is 0 Å². The van der Waals surface area contributed by atoms with Gasteiger partial charge in [-0.05, 0) is 30.7 Å². The van der Waals surface area contributed by atoms with Crippen molar-refractivity contribution in [2.24, 2.45) is 11.3 Å². The summed E-state index contributed by atoms with van der Waals surface area (Å²) in [6.45, 7) is 11.7. The number of rotatable bonds is 4. The van der Waals surface area contributed by atoms with Gasteiger partial charge in [0, 0.05) is 20.2 Å². The van der Waals surface area contributed by atoms with E-state index in [9.17, 15) is 5.11 Å². The molecule has 0 aromatic carbocycles. The van der Waals surface area contributed by atoms with Crippen molar-refractivity contribution < 1.29 is 9.84 Å². The van der Waals surface area contributed by atoms with Crippen molar-refractivity contribution in [2.75, 3.05) is 26.7 Å². The molecule has 0 aliphatic carbocycles. The van der Waals surface area contributed by atoms with Crippen molar-refractivity contribution in [1.29, 1.82) is 0 Å². The van der Waals surface area contributed by atoms with Crippen LogP contribution in [0.3, 0.4) is 0 Å². The highest BCUT2D eigenvalue weighted by Gasteiger charge is 2.27. The van der Waals surface area contributed by atoms with Gasteiger partial charge in [-0.3, -0.25) is 0 Å². The van der Waals surface area contributed by atoms with Crippen LogP contribution < -0.4 is 0 Å². The molecule has 3 heteroatoms. The number of aliphatic hydroxyl groups is 1. The van der Waals surface area contributed by atoms with E-state index in [-0.39, 0.29) is 11.5 Å². The second-order valence-corrected chi connectivity index (χ2v) is 6.51. The fraction of sp³-hybridized carbons (Fsp3) is 1.00. The van der Waals surface area contributed by atoms with Crippen LogP contribution in [-0.4, -0.2) is 49.0 Å². The molecule has 3 nitrogen and oxygen atoms in total. The molecule has 0 spiro atoms. The molecule has 1 heterocycles. The Bertz CT molecular complexity index is 225. The molecule has 0 saturated carbocycles. The lowest BCUT2D eigenvalue weighted by molar-refractivity contribution is -0.0148. The highest BCUT2D eigenvalue weighted by atomic mass is 16.5. The lowest BCUT2D eigenvalue weighted by Crippen LogP contribution is -2.45. The van der Waals surface area contributed by atoms with Crippen LogP contribution in [0.5, 0.6) is 0 Å². The van der Waals surface area contributed by atoms with Gasteiger partial charge in [-0.1, -0.05) is 27.7 Å². The van der Waals surface area contributed by atoms with Crippen molar-refractivity contribution in [3.8, 4) is 0 Å². The maximum Gasteiger partial charge on any atom is 0.0724 e. The molecule has 0 aromatic heterocycles. The first-order chi connectivity index (χ1) is 7.84. The minimum Gasteiger partial charge on any atom is -0.393 e. The van der Waals surface area contributed by atoms with E-state index in [4.69, 9.17) is 4.74 Å². The highest BCUT2D eigenvalue weighted by molar-refractivity contribution is 4.80. The minimum atomic E-state index is -0.220. The molecule has 3 atom stereocenters. The van der Waals surface area contributed by atoms with Crippen LogP contribution in [0.15, 0.2) is 0 Å². The van der Waals surface area contributed by atoms with E-state index < -0.39 is 0 Å². The fourth-order valence-electron chi connectivity index (χ4n) is 2.35. The van der Waals surface area contributed by atoms with Gasteiger partial charge in [0.2, 0.25) is 0 Å². The molecule has 102 valence electrons. The molecule has 0 aromatic rings. The van der Waals surface area contributed by atoms with E-state index in [1.807, 2.05) is 0 Å². The smallest absolute Gasteiger partial charge is 0.0724 e. The molecule has 1 rings (SSSR count). The Morgan fingerprint density at radius 3 is 2.59 bits per heavy atom. The highest BCUT2D eigenvalue weighted by Crippen LogP contribution is 2.24. The van der Waals surface area contributed by atoms with Gasteiger partial charge in [0.1, 0.15) is 0 Å². The molecule has 3 unspecified atom stereocenters. The van der Waals surface area contributed by atoms with Crippen LogP contribution in [0.1, 0.15) is 40.5 Å². The second kappa shape index (κ2) is 6.17. The number of nitrogens with zero attached hydrogens (tertiary/aromatic N) is 1. The summed E-state index contributed by atoms with van der Waals surface area (Å²) >= 11 is 0. The topological polar surface area (TPSA) is 32.7 Å². The number of ether oxygens (including phenoxy) is 1. The minimum absolute atomic E-state index is 0.0102. The lowest BCUT2D eigenvalue weighted by atomic mass is 9.87. The molecule has 17 heavy (non-hydrogen) atoms. The van der Waals surface area contributed by atoms with E-state index >= 15 is 0 Å². The van der Waals surface area contributed by atoms with Crippen molar-refractivity contribution in [2.45, 2.75) is 52.7 Å². The number of hydrogen-bond acceptors (Lipinski definition) is 3. The summed E-state index contributed by atoms with van der Waals surface area (Å²) < 4.78 is 5.50. The summed E-state index contributed by atoms with van der Waals surface area (Å²) in [7, 11) is 1.80. The number of piperidine rings is 1. The zero-order valence-corrected chi connectivity index (χ0v) is 12.1. The summed E-state index contributed by atoms with van der Waals surface area (Å²) in [5.41, 5.74) is -0.0102. The zero-order valence-electron chi connectivity index (χ0n) is 12.1. The van der Waals surface area contributed by atoms with Gasteiger partial charge < -0.3 is 14.7 Å². The second-order valence-electron chi connectivity index (χ2n) is 6.51. The Morgan fingerprint density at radius 1 is 1.41 bits per heavy atom. The standard InChI is InChI=1S/C14H29NO2/c1-11-6-8-15(10-12(11)17-5)9-7-13(16)14(2,3)4/h11-13,16H,6-10H2,1-5H3. The average Bonchev–Trinajstić information content (AvgIpc) is 2.26. The van der Waals surface area contributed by atoms with Gasteiger partial charge in [0.05, 0.1) is 12.2 Å². The number of methoxy groups -OCH3 is 1. The summed E-state index contributed by atoms with van der Waals surface area (Å²) in [4.78, 5) is 2.42. The van der Waals surface area contributed by atoms with E-state index in [1.54, 1.807) is 7.11 Å². The Kier molecular flexibility index (Phi) is 5.42. The number of hydrogen-bond donors (Lipinski definition) is 1. The van der Waals surface area contributed by atoms with Crippen LogP contribution in [0.2, 0.25) is 0 Å². The molecule has 1 N–H and O–H groups in total. The van der Waals surface area contributed by atoms with Gasteiger partial charge in [0.15, 0.2) is 0 Å². The fourth-order valence-corrected chi connectivity index (χ4v) is 2.35. The molecule has 0 amide bonds. The molecule has 1 aliphatic heterocycles. The largest absolute Gasteiger partial charge is 0.393 e. The maximum absolute atomic E-state index is 10.0. The van der Waals surface area contributed by atoms with Crippen molar-refractivity contribution in [3.63, 3.8) is 0 Å². The van der Waals surface area contributed by atoms with Crippen LogP contribution >= 0.6 is 0 Å². The average molecular weight is 243 g/mol. The first-order valence-corrected chi connectivity index (χ1v) is 6.77. The first-order valence-electron chi connectivity index (χ1n) is 6.77. The third-order valence-corrected chi connectivity index (χ3v) is 3.99. The van der Waals surface area contributed by atoms with Crippen LogP contribution in [-0.2, 0) is 4.74 Å². The van der Waals surface area contributed by atoms with E-state index in [0.29, 0.717) is 12.0 Å². The van der Waals surface area contributed by atoms with Crippen molar-refractivity contribution in [3.05, 3.63) is 0 Å². The number of aliphatic hydroxyl groups excluding tert-OH is 1. The van der Waals surface area contributed by atoms with Crippen molar-refractivity contribution in [1.82, 2.24) is 4.90 Å². The predicted octanol–water partition coefficient (Wildman–Crippen LogP) is 2.14. The Balaban J connectivity index is 2.33. The Hall–Kier alpha value is -0.120. The van der Waals surface area contributed by atoms with Crippen LogP contribution in [0.25, 0.3) is 0 Å². The van der Waals surface area contributed by atoms with E-state index in [1.165, 1.54) is 6.42 Å². The quantitative estimate of drug-likeness (QED) is 0.821. The third-order valence-electron chi connectivity index (χ3n) is 3.99.